The van der Waals surface area contributed by atoms with E-state index < -0.39 is 0 Å². The van der Waals surface area contributed by atoms with Crippen LogP contribution in [0.25, 0.3) is 10.9 Å². The molecule has 0 atom stereocenters. The van der Waals surface area contributed by atoms with E-state index in [2.05, 4.69) is 10.3 Å². The topological polar surface area (TPSA) is 71.5 Å². The molecule has 4 rings (SSSR count). The number of carbonyl (C=O) groups excluding carboxylic acids is 1. The zero-order valence-electron chi connectivity index (χ0n) is 17.9. The number of nitrogens with zero attached hydrogens (tertiary/aromatic N) is 1. The summed E-state index contributed by atoms with van der Waals surface area (Å²) in [6.07, 6.45) is 2.72. The Hall–Kier alpha value is -3.84. The number of carbonyl (C=O) groups is 1. The van der Waals surface area contributed by atoms with Crippen molar-refractivity contribution < 1.29 is 23.4 Å². The van der Waals surface area contributed by atoms with E-state index in [0.29, 0.717) is 36.0 Å². The zero-order chi connectivity index (χ0) is 23.4. The van der Waals surface area contributed by atoms with Crippen LogP contribution in [0.1, 0.15) is 32.6 Å². The molecular formula is C26H22F2N2O3. The van der Waals surface area contributed by atoms with E-state index in [1.165, 1.54) is 31.4 Å². The van der Waals surface area contributed by atoms with Crippen molar-refractivity contribution in [2.45, 2.75) is 19.5 Å². The minimum atomic E-state index is -0.313. The second kappa shape index (κ2) is 9.75. The summed E-state index contributed by atoms with van der Waals surface area (Å²) in [5, 5.41) is 14.5. The second-order valence-electron chi connectivity index (χ2n) is 7.66. The minimum Gasteiger partial charge on any atom is -0.505 e. The number of aromatic nitrogens is 1. The molecule has 0 saturated carbocycles. The van der Waals surface area contributed by atoms with Crippen molar-refractivity contribution in [3.05, 3.63) is 100 Å². The molecule has 7 heteroatoms. The lowest BCUT2D eigenvalue weighted by Crippen LogP contribution is -2.15. The van der Waals surface area contributed by atoms with E-state index in [1.807, 2.05) is 6.07 Å². The maximum Gasteiger partial charge on any atom is 0.154 e. The highest BCUT2D eigenvalue weighted by Crippen LogP contribution is 2.39. The average Bonchev–Trinajstić information content (AvgIpc) is 2.82. The lowest BCUT2D eigenvalue weighted by Gasteiger charge is -2.17. The first-order valence-electron chi connectivity index (χ1n) is 10.4. The average molecular weight is 448 g/mol. The fourth-order valence-electron chi connectivity index (χ4n) is 3.83. The monoisotopic (exact) mass is 448 g/mol. The number of phenolic OH excluding ortho intramolecular Hbond substituents is 1. The van der Waals surface area contributed by atoms with Gasteiger partial charge < -0.3 is 15.2 Å². The molecule has 168 valence electrons. The molecule has 0 aliphatic carbocycles. The number of fused-ring (bicyclic) bond motifs is 1. The summed E-state index contributed by atoms with van der Waals surface area (Å²) in [6.45, 7) is 0.670. The lowest BCUT2D eigenvalue weighted by atomic mass is 9.98. The van der Waals surface area contributed by atoms with Gasteiger partial charge in [0.05, 0.1) is 12.7 Å². The number of aldehydes is 1. The van der Waals surface area contributed by atoms with E-state index in [4.69, 9.17) is 4.74 Å². The van der Waals surface area contributed by atoms with Gasteiger partial charge in [-0.3, -0.25) is 9.78 Å². The highest BCUT2D eigenvalue weighted by Gasteiger charge is 2.21. The number of methoxy groups -OCH3 is 1. The number of phenols is 1. The van der Waals surface area contributed by atoms with Gasteiger partial charge in [-0.2, -0.15) is 0 Å². The summed E-state index contributed by atoms with van der Waals surface area (Å²) >= 11 is 0. The van der Waals surface area contributed by atoms with Crippen LogP contribution in [0.3, 0.4) is 0 Å². The number of pyridine rings is 1. The van der Waals surface area contributed by atoms with Crippen molar-refractivity contribution in [1.29, 1.82) is 0 Å². The van der Waals surface area contributed by atoms with E-state index in [9.17, 15) is 18.7 Å². The van der Waals surface area contributed by atoms with Crippen molar-refractivity contribution in [3.8, 4) is 11.5 Å². The predicted molar refractivity (Wildman–Crippen MR) is 121 cm³/mol. The standard InChI is InChI=1S/C26H22F2N2O3/c1-33-26-21-11-18(10-16-2-6-19(27)7-3-16)13-30-24(21)25(32)23(15-31)22(26)14-29-12-17-4-8-20(28)9-5-17/h2-9,11,13,15,29,32H,10,12,14H2,1H3. The normalized spacial score (nSPS) is 11.0. The van der Waals surface area contributed by atoms with Crippen LogP contribution >= 0.6 is 0 Å². The summed E-state index contributed by atoms with van der Waals surface area (Å²) in [4.78, 5) is 16.2. The molecule has 0 radical (unpaired) electrons. The smallest absolute Gasteiger partial charge is 0.154 e. The molecule has 0 bridgehead atoms. The highest BCUT2D eigenvalue weighted by atomic mass is 19.1. The van der Waals surface area contributed by atoms with Gasteiger partial charge in [0.25, 0.3) is 0 Å². The van der Waals surface area contributed by atoms with E-state index in [-0.39, 0.29) is 35.0 Å². The molecule has 0 saturated heterocycles. The Labute approximate surface area is 189 Å². The third-order valence-electron chi connectivity index (χ3n) is 5.46. The molecule has 33 heavy (non-hydrogen) atoms. The Morgan fingerprint density at radius 2 is 1.61 bits per heavy atom. The van der Waals surface area contributed by atoms with Gasteiger partial charge in [-0.05, 0) is 53.4 Å². The van der Waals surface area contributed by atoms with Crippen molar-refractivity contribution in [2.24, 2.45) is 0 Å². The summed E-state index contributed by atoms with van der Waals surface area (Å²) in [5.74, 6) is -0.397. The van der Waals surface area contributed by atoms with Gasteiger partial charge >= 0.3 is 0 Å². The number of hydrogen-bond donors (Lipinski definition) is 2. The van der Waals surface area contributed by atoms with Crippen molar-refractivity contribution in [3.63, 3.8) is 0 Å². The Morgan fingerprint density at radius 3 is 2.21 bits per heavy atom. The maximum absolute atomic E-state index is 13.2. The van der Waals surface area contributed by atoms with Gasteiger partial charge in [0.1, 0.15) is 22.9 Å². The molecule has 3 aromatic carbocycles. The van der Waals surface area contributed by atoms with Gasteiger partial charge in [0, 0.05) is 30.2 Å². The van der Waals surface area contributed by atoms with Gasteiger partial charge in [0.2, 0.25) is 0 Å². The molecule has 0 spiro atoms. The van der Waals surface area contributed by atoms with Crippen LogP contribution in [0.2, 0.25) is 0 Å². The van der Waals surface area contributed by atoms with Crippen LogP contribution in [0.5, 0.6) is 11.5 Å². The molecule has 0 fully saturated rings. The number of benzene rings is 3. The molecule has 0 amide bonds. The van der Waals surface area contributed by atoms with Crippen LogP contribution in [0.4, 0.5) is 8.78 Å². The van der Waals surface area contributed by atoms with Crippen molar-refractivity contribution >= 4 is 17.2 Å². The summed E-state index contributed by atoms with van der Waals surface area (Å²) in [5.41, 5.74) is 3.49. The Bertz CT molecular complexity index is 1290. The van der Waals surface area contributed by atoms with Gasteiger partial charge in [-0.15, -0.1) is 0 Å². The van der Waals surface area contributed by atoms with Crippen molar-refractivity contribution in [1.82, 2.24) is 10.3 Å². The van der Waals surface area contributed by atoms with Crippen LogP contribution in [-0.2, 0) is 19.5 Å². The Balaban J connectivity index is 1.68. The Morgan fingerprint density at radius 1 is 0.970 bits per heavy atom. The Kier molecular flexibility index (Phi) is 6.60. The van der Waals surface area contributed by atoms with Gasteiger partial charge in [-0.25, -0.2) is 8.78 Å². The number of nitrogens with one attached hydrogen (secondary N) is 1. The second-order valence-corrected chi connectivity index (χ2v) is 7.66. The summed E-state index contributed by atoms with van der Waals surface area (Å²) < 4.78 is 32.0. The third-order valence-corrected chi connectivity index (χ3v) is 5.46. The zero-order valence-corrected chi connectivity index (χ0v) is 17.9. The first-order valence-corrected chi connectivity index (χ1v) is 10.4. The molecule has 0 unspecified atom stereocenters. The summed E-state index contributed by atoms with van der Waals surface area (Å²) in [7, 11) is 1.50. The van der Waals surface area contributed by atoms with E-state index in [1.54, 1.807) is 30.5 Å². The fourth-order valence-corrected chi connectivity index (χ4v) is 3.83. The summed E-state index contributed by atoms with van der Waals surface area (Å²) in [6, 6.07) is 14.2. The third kappa shape index (κ3) is 4.83. The van der Waals surface area contributed by atoms with E-state index >= 15 is 0 Å². The predicted octanol–water partition coefficient (Wildman–Crippen LogP) is 4.92. The molecule has 0 aliphatic heterocycles. The maximum atomic E-state index is 13.2. The molecular weight excluding hydrogens is 426 g/mol. The molecule has 1 heterocycles. The van der Waals surface area contributed by atoms with Crippen LogP contribution in [-0.4, -0.2) is 23.5 Å². The van der Waals surface area contributed by atoms with Crippen LogP contribution in [0, 0.1) is 11.6 Å². The molecule has 0 aliphatic rings. The number of hydrogen-bond acceptors (Lipinski definition) is 5. The minimum absolute atomic E-state index is 0.102. The first-order chi connectivity index (χ1) is 16.0. The number of ether oxygens (including phenoxy) is 1. The highest BCUT2D eigenvalue weighted by molar-refractivity contribution is 5.99. The quantitative estimate of drug-likeness (QED) is 0.375. The molecule has 1 aromatic heterocycles. The lowest BCUT2D eigenvalue weighted by molar-refractivity contribution is 0.111. The number of halogens is 2. The van der Waals surface area contributed by atoms with Crippen LogP contribution < -0.4 is 10.1 Å². The van der Waals surface area contributed by atoms with Gasteiger partial charge in [-0.1, -0.05) is 24.3 Å². The van der Waals surface area contributed by atoms with Crippen LogP contribution in [0.15, 0.2) is 60.8 Å². The first kappa shape index (κ1) is 22.4. The SMILES string of the molecule is COc1c(CNCc2ccc(F)cc2)c(C=O)c(O)c2ncc(Cc3ccc(F)cc3)cc12. The fraction of sp³-hybridized carbons (Fsp3) is 0.154. The number of rotatable bonds is 8. The molecule has 2 N–H and O–H groups in total. The largest absolute Gasteiger partial charge is 0.505 e. The molecule has 4 aromatic rings. The number of aromatic hydroxyl groups is 1. The van der Waals surface area contributed by atoms with E-state index in [0.717, 1.165) is 16.7 Å². The van der Waals surface area contributed by atoms with Crippen molar-refractivity contribution in [2.75, 3.05) is 7.11 Å². The molecule has 5 nitrogen and oxygen atoms in total. The van der Waals surface area contributed by atoms with Gasteiger partial charge in [0.15, 0.2) is 12.0 Å².